The minimum absolute atomic E-state index is 0. The molecule has 172 valence electrons. The summed E-state index contributed by atoms with van der Waals surface area (Å²) in [6.45, 7) is 5.40. The number of rotatable bonds is 9. The van der Waals surface area contributed by atoms with Gasteiger partial charge in [-0.25, -0.2) is 0 Å². The lowest BCUT2D eigenvalue weighted by Crippen LogP contribution is -2.36. The van der Waals surface area contributed by atoms with Gasteiger partial charge >= 0.3 is 0 Å². The number of hydrogen-bond donors (Lipinski definition) is 2. The summed E-state index contributed by atoms with van der Waals surface area (Å²) in [6.07, 6.45) is 6.67. The van der Waals surface area contributed by atoms with Crippen LogP contribution >= 0.6 is 24.0 Å². The van der Waals surface area contributed by atoms with Crippen LogP contribution in [0, 0.1) is 0 Å². The van der Waals surface area contributed by atoms with Gasteiger partial charge in [0.25, 0.3) is 0 Å². The van der Waals surface area contributed by atoms with Gasteiger partial charge in [-0.2, -0.15) is 0 Å². The van der Waals surface area contributed by atoms with Crippen molar-refractivity contribution in [2.75, 3.05) is 14.2 Å². The summed E-state index contributed by atoms with van der Waals surface area (Å²) < 4.78 is 17.1. The van der Waals surface area contributed by atoms with Crippen LogP contribution < -0.4 is 20.1 Å². The molecule has 0 saturated heterocycles. The maximum Gasteiger partial charge on any atom is 0.191 e. The molecular weight excluding hydrogens is 507 g/mol. The molecule has 0 atom stereocenters. The number of nitrogens with zero attached hydrogens (tertiary/aromatic N) is 2. The van der Waals surface area contributed by atoms with Crippen LogP contribution in [0.2, 0.25) is 0 Å². The Morgan fingerprint density at radius 3 is 2.55 bits per heavy atom. The molecule has 0 radical (unpaired) electrons. The number of aliphatic imine (C=N–C) groups is 1. The fourth-order valence-corrected chi connectivity index (χ4v) is 3.81. The predicted molar refractivity (Wildman–Crippen MR) is 134 cm³/mol. The quantitative estimate of drug-likeness (QED) is 0.274. The first-order chi connectivity index (χ1) is 14.7. The van der Waals surface area contributed by atoms with Gasteiger partial charge in [0.1, 0.15) is 17.3 Å². The molecule has 3 rings (SSSR count). The van der Waals surface area contributed by atoms with Gasteiger partial charge in [0, 0.05) is 43.8 Å². The van der Waals surface area contributed by atoms with Crippen LogP contribution in [0.1, 0.15) is 62.1 Å². The Hall–Kier alpha value is -1.97. The molecule has 1 aromatic heterocycles. The molecule has 0 spiro atoms. The standard InChI is InChI=1S/C23H34N4O3.HI/c1-5-20-19(21(6-2)30-27-20)15-26-23(24-3)25-14-16-11-12-18(28-4)13-22(16)29-17-9-7-8-10-17;/h11-13,17H,5-10,14-15H2,1-4H3,(H2,24,25,26);1H. The van der Waals surface area contributed by atoms with Gasteiger partial charge in [0.15, 0.2) is 5.96 Å². The van der Waals surface area contributed by atoms with E-state index in [1.54, 1.807) is 14.2 Å². The Morgan fingerprint density at radius 1 is 1.16 bits per heavy atom. The first-order valence-corrected chi connectivity index (χ1v) is 10.9. The molecule has 1 aliphatic carbocycles. The number of benzene rings is 1. The minimum Gasteiger partial charge on any atom is -0.497 e. The zero-order chi connectivity index (χ0) is 21.3. The van der Waals surface area contributed by atoms with Crippen molar-refractivity contribution in [3.63, 3.8) is 0 Å². The van der Waals surface area contributed by atoms with E-state index in [2.05, 4.69) is 34.6 Å². The van der Waals surface area contributed by atoms with E-state index in [0.29, 0.717) is 19.2 Å². The fraction of sp³-hybridized carbons (Fsp3) is 0.565. The van der Waals surface area contributed by atoms with Crippen molar-refractivity contribution in [1.29, 1.82) is 0 Å². The highest BCUT2D eigenvalue weighted by atomic mass is 127. The average molecular weight is 542 g/mol. The molecule has 0 bridgehead atoms. The van der Waals surface area contributed by atoms with Gasteiger partial charge in [0.2, 0.25) is 0 Å². The lowest BCUT2D eigenvalue weighted by molar-refractivity contribution is 0.207. The van der Waals surface area contributed by atoms with Crippen molar-refractivity contribution < 1.29 is 14.0 Å². The van der Waals surface area contributed by atoms with Crippen molar-refractivity contribution in [3.05, 3.63) is 40.8 Å². The Morgan fingerprint density at radius 2 is 1.90 bits per heavy atom. The van der Waals surface area contributed by atoms with Crippen LogP contribution in [0.3, 0.4) is 0 Å². The smallest absolute Gasteiger partial charge is 0.191 e. The topological polar surface area (TPSA) is 80.9 Å². The molecule has 8 heteroatoms. The highest BCUT2D eigenvalue weighted by Gasteiger charge is 2.19. The summed E-state index contributed by atoms with van der Waals surface area (Å²) in [6, 6.07) is 5.99. The number of aromatic nitrogens is 1. The van der Waals surface area contributed by atoms with Crippen LogP contribution in [-0.4, -0.2) is 31.4 Å². The van der Waals surface area contributed by atoms with Crippen LogP contribution in [0.15, 0.2) is 27.7 Å². The van der Waals surface area contributed by atoms with Gasteiger partial charge in [0.05, 0.1) is 18.9 Å². The number of nitrogens with one attached hydrogen (secondary N) is 2. The van der Waals surface area contributed by atoms with Gasteiger partial charge in [-0.15, -0.1) is 24.0 Å². The Balaban J connectivity index is 0.00000341. The second-order valence-electron chi connectivity index (χ2n) is 7.52. The minimum atomic E-state index is 0. The Kier molecular flexibility index (Phi) is 10.4. The first-order valence-electron chi connectivity index (χ1n) is 10.9. The first kappa shape index (κ1) is 25.3. The summed E-state index contributed by atoms with van der Waals surface area (Å²) in [5, 5.41) is 10.9. The maximum atomic E-state index is 6.29. The lowest BCUT2D eigenvalue weighted by Gasteiger charge is -2.19. The molecule has 1 fully saturated rings. The SMILES string of the molecule is CCc1noc(CC)c1CNC(=NC)NCc1ccc(OC)cc1OC1CCCC1.I. The van der Waals surface area contributed by atoms with E-state index < -0.39 is 0 Å². The van der Waals surface area contributed by atoms with E-state index in [0.717, 1.165) is 65.7 Å². The number of halogens is 1. The van der Waals surface area contributed by atoms with Gasteiger partial charge in [-0.3, -0.25) is 4.99 Å². The molecule has 1 saturated carbocycles. The van der Waals surface area contributed by atoms with Gasteiger partial charge in [-0.05, 0) is 44.2 Å². The third-order valence-corrected chi connectivity index (χ3v) is 5.58. The lowest BCUT2D eigenvalue weighted by atomic mass is 10.1. The Labute approximate surface area is 202 Å². The molecule has 7 nitrogen and oxygen atoms in total. The molecule has 1 heterocycles. The molecule has 0 aliphatic heterocycles. The zero-order valence-electron chi connectivity index (χ0n) is 19.0. The molecule has 1 aliphatic rings. The van der Waals surface area contributed by atoms with Crippen molar-refractivity contribution in [2.45, 2.75) is 71.6 Å². The summed E-state index contributed by atoms with van der Waals surface area (Å²) in [7, 11) is 3.45. The molecule has 2 aromatic rings. The molecule has 31 heavy (non-hydrogen) atoms. The zero-order valence-corrected chi connectivity index (χ0v) is 21.3. The summed E-state index contributed by atoms with van der Waals surface area (Å²) in [5.41, 5.74) is 3.20. The van der Waals surface area contributed by atoms with Crippen molar-refractivity contribution in [2.24, 2.45) is 4.99 Å². The third kappa shape index (κ3) is 6.75. The number of hydrogen-bond acceptors (Lipinski definition) is 5. The Bertz CT molecular complexity index is 826. The fourth-order valence-electron chi connectivity index (χ4n) is 3.81. The average Bonchev–Trinajstić information content (AvgIpc) is 3.43. The monoisotopic (exact) mass is 542 g/mol. The van der Waals surface area contributed by atoms with E-state index in [9.17, 15) is 0 Å². The van der Waals surface area contributed by atoms with Crippen molar-refractivity contribution in [3.8, 4) is 11.5 Å². The van der Waals surface area contributed by atoms with E-state index in [-0.39, 0.29) is 24.0 Å². The van der Waals surface area contributed by atoms with E-state index in [1.165, 1.54) is 12.8 Å². The summed E-state index contributed by atoms with van der Waals surface area (Å²) in [4.78, 5) is 4.36. The van der Waals surface area contributed by atoms with Crippen LogP contribution in [-0.2, 0) is 25.9 Å². The highest BCUT2D eigenvalue weighted by Crippen LogP contribution is 2.30. The molecule has 0 unspecified atom stereocenters. The van der Waals surface area contributed by atoms with Gasteiger partial charge < -0.3 is 24.6 Å². The van der Waals surface area contributed by atoms with Crippen molar-refractivity contribution in [1.82, 2.24) is 15.8 Å². The maximum absolute atomic E-state index is 6.29. The van der Waals surface area contributed by atoms with Crippen LogP contribution in [0.25, 0.3) is 0 Å². The van der Waals surface area contributed by atoms with Crippen LogP contribution in [0.5, 0.6) is 11.5 Å². The molecular formula is C23H35IN4O3. The summed E-state index contributed by atoms with van der Waals surface area (Å²) in [5.74, 6) is 3.34. The van der Waals surface area contributed by atoms with Crippen LogP contribution in [0.4, 0.5) is 0 Å². The number of guanidine groups is 1. The molecule has 0 amide bonds. The highest BCUT2D eigenvalue weighted by molar-refractivity contribution is 14.0. The molecule has 1 aromatic carbocycles. The van der Waals surface area contributed by atoms with Gasteiger partial charge in [-0.1, -0.05) is 19.0 Å². The summed E-state index contributed by atoms with van der Waals surface area (Å²) >= 11 is 0. The second kappa shape index (κ2) is 12.8. The van der Waals surface area contributed by atoms with E-state index in [4.69, 9.17) is 14.0 Å². The molecule has 2 N–H and O–H groups in total. The third-order valence-electron chi connectivity index (χ3n) is 5.58. The largest absolute Gasteiger partial charge is 0.497 e. The number of methoxy groups -OCH3 is 1. The van der Waals surface area contributed by atoms with E-state index in [1.807, 2.05) is 18.2 Å². The predicted octanol–water partition coefficient (Wildman–Crippen LogP) is 4.61. The number of aryl methyl sites for hydroxylation is 2. The van der Waals surface area contributed by atoms with Crippen molar-refractivity contribution >= 4 is 29.9 Å². The second-order valence-corrected chi connectivity index (χ2v) is 7.52. The van der Waals surface area contributed by atoms with E-state index >= 15 is 0 Å². The number of ether oxygens (including phenoxy) is 2. The normalized spacial score (nSPS) is 14.3.